The van der Waals surface area contributed by atoms with E-state index in [1.807, 2.05) is 30.3 Å². The molecule has 2 bridgehead atoms. The molecule has 0 amide bonds. The van der Waals surface area contributed by atoms with Crippen LogP contribution in [-0.2, 0) is 9.53 Å². The highest BCUT2D eigenvalue weighted by atomic mass is 19.1. The van der Waals surface area contributed by atoms with Crippen molar-refractivity contribution < 1.29 is 23.2 Å². The van der Waals surface area contributed by atoms with Crippen molar-refractivity contribution in [3.05, 3.63) is 71.5 Å². The molecule has 180 valence electrons. The van der Waals surface area contributed by atoms with Gasteiger partial charge in [0.1, 0.15) is 24.9 Å². The standard InChI is InChI=1S/C28H34FN2O3/c29-24-11-9-23(10-12-24)27(30-15-5-2-6-16-30)28(33)34-26-20-31(17-13-22(26)14-18-31)19-25(32)21-7-3-1-4-8-21/h1,3-4,7-12,22,26-27H,2,5-6,13-20H2/q+1/t22?,26-,27?,31?/m0/s1. The number of Topliss-reactive ketones (excluding diaryl/α,β-unsaturated/α-hetero) is 1. The molecule has 0 saturated carbocycles. The summed E-state index contributed by atoms with van der Waals surface area (Å²) in [6.45, 7) is 4.77. The summed E-state index contributed by atoms with van der Waals surface area (Å²) in [7, 11) is 0. The van der Waals surface area contributed by atoms with Crippen LogP contribution in [0.3, 0.4) is 0 Å². The summed E-state index contributed by atoms with van der Waals surface area (Å²) in [5.41, 5.74) is 1.54. The van der Waals surface area contributed by atoms with Crippen LogP contribution in [0.2, 0.25) is 0 Å². The van der Waals surface area contributed by atoms with E-state index in [9.17, 15) is 14.0 Å². The summed E-state index contributed by atoms with van der Waals surface area (Å²) < 4.78 is 20.5. The molecule has 0 aliphatic carbocycles. The number of rotatable bonds is 7. The van der Waals surface area contributed by atoms with E-state index in [-0.39, 0.29) is 23.7 Å². The van der Waals surface area contributed by atoms with Crippen LogP contribution in [0.4, 0.5) is 4.39 Å². The second-order valence-corrected chi connectivity index (χ2v) is 10.3. The predicted molar refractivity (Wildman–Crippen MR) is 128 cm³/mol. The summed E-state index contributed by atoms with van der Waals surface area (Å²) >= 11 is 0. The number of carbonyl (C=O) groups excluding carboxylic acids is 2. The Kier molecular flexibility index (Phi) is 6.79. The first kappa shape index (κ1) is 23.2. The fraction of sp³-hybridized carbons (Fsp3) is 0.500. The van der Waals surface area contributed by atoms with Gasteiger partial charge in [0.05, 0.1) is 13.1 Å². The molecule has 1 unspecified atom stereocenters. The molecule has 2 aromatic rings. The van der Waals surface area contributed by atoms with E-state index in [4.69, 9.17) is 4.74 Å². The van der Waals surface area contributed by atoms with Crippen molar-refractivity contribution in [2.75, 3.05) is 39.3 Å². The van der Waals surface area contributed by atoms with Gasteiger partial charge < -0.3 is 9.22 Å². The summed E-state index contributed by atoms with van der Waals surface area (Å²) in [5.74, 6) is -0.0317. The van der Waals surface area contributed by atoms with E-state index in [1.54, 1.807) is 12.1 Å². The Labute approximate surface area is 201 Å². The molecule has 6 rings (SSSR count). The number of ketones is 1. The zero-order valence-electron chi connectivity index (χ0n) is 19.7. The average molecular weight is 466 g/mol. The number of quaternary nitrogens is 1. The molecule has 4 aliphatic heterocycles. The van der Waals surface area contributed by atoms with Crippen LogP contribution in [0.5, 0.6) is 0 Å². The summed E-state index contributed by atoms with van der Waals surface area (Å²) in [4.78, 5) is 28.8. The number of piperidine rings is 4. The van der Waals surface area contributed by atoms with Crippen LogP contribution in [0.15, 0.2) is 54.6 Å². The van der Waals surface area contributed by atoms with Crippen molar-refractivity contribution in [3.63, 3.8) is 0 Å². The van der Waals surface area contributed by atoms with Gasteiger partial charge in [0, 0.05) is 24.3 Å². The smallest absolute Gasteiger partial charge is 0.328 e. The number of ether oxygens (including phenoxy) is 1. The molecule has 0 radical (unpaired) electrons. The first-order valence-corrected chi connectivity index (χ1v) is 12.7. The number of esters is 1. The van der Waals surface area contributed by atoms with E-state index in [2.05, 4.69) is 4.90 Å². The molecule has 5 nitrogen and oxygen atoms in total. The van der Waals surface area contributed by atoms with Gasteiger partial charge >= 0.3 is 5.97 Å². The van der Waals surface area contributed by atoms with Crippen molar-refractivity contribution in [1.29, 1.82) is 0 Å². The quantitative estimate of drug-likeness (QED) is 0.346. The largest absolute Gasteiger partial charge is 0.455 e. The lowest BCUT2D eigenvalue weighted by Gasteiger charge is -2.51. The lowest BCUT2D eigenvalue weighted by molar-refractivity contribution is -0.938. The van der Waals surface area contributed by atoms with E-state index in [0.29, 0.717) is 23.5 Å². The van der Waals surface area contributed by atoms with Crippen molar-refractivity contribution >= 4 is 11.8 Å². The zero-order valence-corrected chi connectivity index (χ0v) is 19.7. The molecule has 2 atom stereocenters. The van der Waals surface area contributed by atoms with E-state index >= 15 is 0 Å². The lowest BCUT2D eigenvalue weighted by Crippen LogP contribution is -2.66. The highest BCUT2D eigenvalue weighted by molar-refractivity contribution is 5.97. The van der Waals surface area contributed by atoms with E-state index in [1.165, 1.54) is 18.6 Å². The van der Waals surface area contributed by atoms with Gasteiger partial charge in [0.25, 0.3) is 0 Å². The summed E-state index contributed by atoms with van der Waals surface area (Å²) in [5, 5.41) is 0. The number of fused-ring (bicyclic) bond motifs is 3. The number of likely N-dealkylation sites (tertiary alicyclic amines) is 1. The van der Waals surface area contributed by atoms with Crippen LogP contribution in [-0.4, -0.2) is 66.5 Å². The third-order valence-corrected chi connectivity index (χ3v) is 8.05. The van der Waals surface area contributed by atoms with Crippen LogP contribution in [0, 0.1) is 11.7 Å². The topological polar surface area (TPSA) is 46.6 Å². The Balaban J connectivity index is 1.31. The number of benzene rings is 2. The van der Waals surface area contributed by atoms with Crippen molar-refractivity contribution in [1.82, 2.24) is 4.90 Å². The van der Waals surface area contributed by atoms with Crippen molar-refractivity contribution in [3.8, 4) is 0 Å². The maximum absolute atomic E-state index is 13.6. The third-order valence-electron chi connectivity index (χ3n) is 8.05. The molecule has 4 aliphatic rings. The minimum Gasteiger partial charge on any atom is -0.455 e. The highest BCUT2D eigenvalue weighted by Crippen LogP contribution is 2.37. The molecule has 4 heterocycles. The van der Waals surface area contributed by atoms with E-state index < -0.39 is 6.04 Å². The van der Waals surface area contributed by atoms with Crippen molar-refractivity contribution in [2.24, 2.45) is 5.92 Å². The Hall–Kier alpha value is -2.57. The molecule has 34 heavy (non-hydrogen) atoms. The second kappa shape index (κ2) is 9.96. The maximum Gasteiger partial charge on any atom is 0.328 e. The Morgan fingerprint density at radius 2 is 1.65 bits per heavy atom. The Morgan fingerprint density at radius 3 is 2.32 bits per heavy atom. The highest BCUT2D eigenvalue weighted by Gasteiger charge is 2.49. The lowest BCUT2D eigenvalue weighted by atomic mass is 9.82. The Bertz CT molecular complexity index is 996. The van der Waals surface area contributed by atoms with Gasteiger partial charge in [0.2, 0.25) is 5.78 Å². The Morgan fingerprint density at radius 1 is 0.971 bits per heavy atom. The minimum absolute atomic E-state index is 0.156. The van der Waals surface area contributed by atoms with Crippen molar-refractivity contribution in [2.45, 2.75) is 44.2 Å². The third kappa shape index (κ3) is 4.93. The second-order valence-electron chi connectivity index (χ2n) is 10.3. The summed E-state index contributed by atoms with van der Waals surface area (Å²) in [6.07, 6.45) is 5.06. The molecule has 6 heteroatoms. The van der Waals surface area contributed by atoms with Gasteiger partial charge in [-0.05, 0) is 43.6 Å². The summed E-state index contributed by atoms with van der Waals surface area (Å²) in [6, 6.07) is 15.2. The SMILES string of the molecule is O=C(C[N+]12CCC(CC1)[C@@H](OC(=O)C(c1ccc(F)cc1)N1CCCCC1)C2)c1ccccc1. The zero-order chi connectivity index (χ0) is 23.5. The maximum atomic E-state index is 13.6. The average Bonchev–Trinajstić information content (AvgIpc) is 2.87. The number of halogens is 1. The molecule has 4 fully saturated rings. The van der Waals surface area contributed by atoms with Crippen LogP contribution < -0.4 is 0 Å². The van der Waals surface area contributed by atoms with Gasteiger partial charge in [-0.1, -0.05) is 48.9 Å². The molecule has 4 saturated heterocycles. The molecule has 0 spiro atoms. The first-order chi connectivity index (χ1) is 16.5. The normalized spacial score (nSPS) is 27.8. The van der Waals surface area contributed by atoms with Gasteiger partial charge in [-0.25, -0.2) is 9.18 Å². The molecular formula is C28H34FN2O3+. The fourth-order valence-corrected chi connectivity index (χ4v) is 6.13. The van der Waals surface area contributed by atoms with Crippen LogP contribution >= 0.6 is 0 Å². The molecule has 0 N–H and O–H groups in total. The predicted octanol–water partition coefficient (Wildman–Crippen LogP) is 4.39. The van der Waals surface area contributed by atoms with E-state index in [0.717, 1.165) is 63.0 Å². The monoisotopic (exact) mass is 465 g/mol. The minimum atomic E-state index is -0.504. The molecular weight excluding hydrogens is 431 g/mol. The van der Waals surface area contributed by atoms with Gasteiger partial charge in [0.15, 0.2) is 6.10 Å². The van der Waals surface area contributed by atoms with Gasteiger partial charge in [-0.2, -0.15) is 0 Å². The van der Waals surface area contributed by atoms with Crippen LogP contribution in [0.25, 0.3) is 0 Å². The molecule has 2 aromatic carbocycles. The van der Waals surface area contributed by atoms with Crippen LogP contribution in [0.1, 0.15) is 54.1 Å². The fourth-order valence-electron chi connectivity index (χ4n) is 6.13. The van der Waals surface area contributed by atoms with Gasteiger partial charge in [-0.15, -0.1) is 0 Å². The number of hydrogen-bond donors (Lipinski definition) is 0. The molecule has 0 aromatic heterocycles. The first-order valence-electron chi connectivity index (χ1n) is 12.7. The number of carbonyl (C=O) groups is 2. The number of nitrogens with zero attached hydrogens (tertiary/aromatic N) is 2. The number of hydrogen-bond acceptors (Lipinski definition) is 4. The van der Waals surface area contributed by atoms with Gasteiger partial charge in [-0.3, -0.25) is 9.69 Å².